The van der Waals surface area contributed by atoms with Crippen LogP contribution in [-0.4, -0.2) is 41.4 Å². The number of morpholine rings is 1. The minimum Gasteiger partial charge on any atom is -0.375 e. The van der Waals surface area contributed by atoms with E-state index in [1.165, 1.54) is 0 Å². The lowest BCUT2D eigenvalue weighted by Gasteiger charge is -2.37. The average Bonchev–Trinajstić information content (AvgIpc) is 2.74. The van der Waals surface area contributed by atoms with Gasteiger partial charge in [-0.2, -0.15) is 0 Å². The number of nitrogens with one attached hydrogen (secondary N) is 1. The van der Waals surface area contributed by atoms with Gasteiger partial charge in [0.2, 0.25) is 0 Å². The van der Waals surface area contributed by atoms with Gasteiger partial charge in [-0.15, -0.1) is 0 Å². The molecule has 1 saturated heterocycles. The first kappa shape index (κ1) is 13.9. The number of hydrogen-bond donors (Lipinski definition) is 1. The topological polar surface area (TPSA) is 67.6 Å². The van der Waals surface area contributed by atoms with Gasteiger partial charge in [0, 0.05) is 13.0 Å². The molecular weight excluding hydrogens is 246 g/mol. The number of amides is 2. The average molecular weight is 267 g/mol. The number of hydrogen-bond acceptors (Lipinski definition) is 4. The molecule has 2 rings (SSSR count). The van der Waals surface area contributed by atoms with E-state index in [2.05, 4.69) is 10.5 Å². The number of ether oxygens (including phenoxy) is 1. The second-order valence-corrected chi connectivity index (χ2v) is 4.86. The van der Waals surface area contributed by atoms with Gasteiger partial charge in [-0.05, 0) is 20.8 Å². The molecule has 0 aliphatic carbocycles. The van der Waals surface area contributed by atoms with E-state index in [4.69, 9.17) is 9.26 Å². The smallest absolute Gasteiger partial charge is 0.322 e. The highest BCUT2D eigenvalue weighted by Crippen LogP contribution is 2.22. The van der Waals surface area contributed by atoms with Gasteiger partial charge in [0.05, 0.1) is 18.8 Å². The van der Waals surface area contributed by atoms with E-state index < -0.39 is 0 Å². The molecule has 0 bridgehead atoms. The molecule has 0 unspecified atom stereocenters. The van der Waals surface area contributed by atoms with Crippen LogP contribution in [0.2, 0.25) is 0 Å². The maximum absolute atomic E-state index is 12.3. The molecule has 2 atom stereocenters. The Balaban J connectivity index is 2.10. The van der Waals surface area contributed by atoms with Crippen LogP contribution in [0.4, 0.5) is 10.5 Å². The van der Waals surface area contributed by atoms with Crippen molar-refractivity contribution in [1.29, 1.82) is 0 Å². The molecule has 1 N–H and O–H groups in total. The molecule has 0 saturated carbocycles. The van der Waals surface area contributed by atoms with Crippen molar-refractivity contribution in [3.63, 3.8) is 0 Å². The van der Waals surface area contributed by atoms with Crippen molar-refractivity contribution in [2.75, 3.05) is 18.5 Å². The predicted molar refractivity (Wildman–Crippen MR) is 71.2 cm³/mol. The SMILES string of the molecule is CCc1onc(C)c1NC(=O)N1CCO[C@H](C)[C@H]1C. The summed E-state index contributed by atoms with van der Waals surface area (Å²) in [6.45, 7) is 8.93. The third kappa shape index (κ3) is 2.73. The van der Waals surface area contributed by atoms with Crippen LogP contribution in [0, 0.1) is 6.92 Å². The monoisotopic (exact) mass is 267 g/mol. The Morgan fingerprint density at radius 2 is 2.26 bits per heavy atom. The summed E-state index contributed by atoms with van der Waals surface area (Å²) in [4.78, 5) is 14.1. The fraction of sp³-hybridized carbons (Fsp3) is 0.692. The Hall–Kier alpha value is -1.56. The van der Waals surface area contributed by atoms with Crippen LogP contribution in [0.3, 0.4) is 0 Å². The molecule has 0 radical (unpaired) electrons. The summed E-state index contributed by atoms with van der Waals surface area (Å²) in [7, 11) is 0. The highest BCUT2D eigenvalue weighted by molar-refractivity contribution is 5.90. The van der Waals surface area contributed by atoms with Gasteiger partial charge in [0.1, 0.15) is 11.4 Å². The lowest BCUT2D eigenvalue weighted by molar-refractivity contribution is -0.0355. The van der Waals surface area contributed by atoms with Crippen LogP contribution in [0.25, 0.3) is 0 Å². The van der Waals surface area contributed by atoms with Crippen LogP contribution in [-0.2, 0) is 11.2 Å². The van der Waals surface area contributed by atoms with Gasteiger partial charge < -0.3 is 19.5 Å². The standard InChI is InChI=1S/C13H21N3O3/c1-5-11-12(8(2)15-19-11)14-13(17)16-6-7-18-10(4)9(16)3/h9-10H,5-7H2,1-4H3,(H,14,17)/t9-,10-/m1/s1. The maximum Gasteiger partial charge on any atom is 0.322 e. The van der Waals surface area contributed by atoms with Crippen LogP contribution in [0.15, 0.2) is 4.52 Å². The lowest BCUT2D eigenvalue weighted by atomic mass is 10.1. The summed E-state index contributed by atoms with van der Waals surface area (Å²) >= 11 is 0. The molecule has 106 valence electrons. The summed E-state index contributed by atoms with van der Waals surface area (Å²) < 4.78 is 10.7. The molecule has 0 aromatic carbocycles. The van der Waals surface area contributed by atoms with Gasteiger partial charge in [-0.3, -0.25) is 0 Å². The number of urea groups is 1. The lowest BCUT2D eigenvalue weighted by Crippen LogP contribution is -2.52. The van der Waals surface area contributed by atoms with Crippen LogP contribution < -0.4 is 5.32 Å². The van der Waals surface area contributed by atoms with Crippen molar-refractivity contribution in [3.05, 3.63) is 11.5 Å². The Morgan fingerprint density at radius 3 is 2.95 bits per heavy atom. The quantitative estimate of drug-likeness (QED) is 0.891. The first-order valence-corrected chi connectivity index (χ1v) is 6.69. The zero-order chi connectivity index (χ0) is 14.0. The van der Waals surface area contributed by atoms with Crippen LogP contribution in [0.1, 0.15) is 32.2 Å². The third-order valence-electron chi connectivity index (χ3n) is 3.63. The predicted octanol–water partition coefficient (Wildman–Crippen LogP) is 2.19. The fourth-order valence-corrected chi connectivity index (χ4v) is 2.22. The van der Waals surface area contributed by atoms with E-state index >= 15 is 0 Å². The molecule has 1 aromatic heterocycles. The number of nitrogens with zero attached hydrogens (tertiary/aromatic N) is 2. The van der Waals surface area contributed by atoms with E-state index in [1.807, 2.05) is 27.7 Å². The van der Waals surface area contributed by atoms with Crippen molar-refractivity contribution in [2.24, 2.45) is 0 Å². The molecule has 6 heteroatoms. The van der Waals surface area contributed by atoms with Gasteiger partial charge in [0.15, 0.2) is 5.76 Å². The minimum atomic E-state index is -0.122. The summed E-state index contributed by atoms with van der Waals surface area (Å²) in [5, 5.41) is 6.79. The number of anilines is 1. The van der Waals surface area contributed by atoms with Gasteiger partial charge in [0.25, 0.3) is 0 Å². The molecular formula is C13H21N3O3. The van der Waals surface area contributed by atoms with Gasteiger partial charge >= 0.3 is 6.03 Å². The summed E-state index contributed by atoms with van der Waals surface area (Å²) in [5.74, 6) is 0.708. The first-order valence-electron chi connectivity index (χ1n) is 6.69. The molecule has 2 amide bonds. The molecule has 1 aromatic rings. The van der Waals surface area contributed by atoms with Crippen molar-refractivity contribution >= 4 is 11.7 Å². The molecule has 1 aliphatic rings. The molecule has 2 heterocycles. The van der Waals surface area contributed by atoms with E-state index in [-0.39, 0.29) is 18.2 Å². The zero-order valence-electron chi connectivity index (χ0n) is 11.9. The summed E-state index contributed by atoms with van der Waals surface area (Å²) in [6.07, 6.45) is 0.750. The molecule has 1 aliphatic heterocycles. The summed E-state index contributed by atoms with van der Waals surface area (Å²) in [6, 6.07) is -0.0670. The van der Waals surface area contributed by atoms with Crippen molar-refractivity contribution in [1.82, 2.24) is 10.1 Å². The van der Waals surface area contributed by atoms with Crippen molar-refractivity contribution < 1.29 is 14.1 Å². The molecule has 19 heavy (non-hydrogen) atoms. The van der Waals surface area contributed by atoms with Crippen molar-refractivity contribution in [2.45, 2.75) is 46.3 Å². The maximum atomic E-state index is 12.3. The Kier molecular flexibility index (Phi) is 4.09. The van der Waals surface area contributed by atoms with Crippen LogP contribution in [0.5, 0.6) is 0 Å². The fourth-order valence-electron chi connectivity index (χ4n) is 2.22. The molecule has 1 fully saturated rings. The number of aryl methyl sites for hydroxylation is 2. The van der Waals surface area contributed by atoms with E-state index in [0.29, 0.717) is 36.7 Å². The third-order valence-corrected chi connectivity index (χ3v) is 3.63. The Labute approximate surface area is 113 Å². The first-order chi connectivity index (χ1) is 9.04. The van der Waals surface area contributed by atoms with Crippen LogP contribution >= 0.6 is 0 Å². The second kappa shape index (κ2) is 5.61. The van der Waals surface area contributed by atoms with E-state index in [9.17, 15) is 4.79 Å². The summed E-state index contributed by atoms with van der Waals surface area (Å²) in [5.41, 5.74) is 1.40. The van der Waals surface area contributed by atoms with Crippen molar-refractivity contribution in [3.8, 4) is 0 Å². The number of rotatable bonds is 2. The Morgan fingerprint density at radius 1 is 1.53 bits per heavy atom. The van der Waals surface area contributed by atoms with E-state index in [1.54, 1.807) is 4.90 Å². The van der Waals surface area contributed by atoms with Gasteiger partial charge in [-0.1, -0.05) is 12.1 Å². The molecule has 0 spiro atoms. The number of carbonyl (C=O) groups is 1. The zero-order valence-corrected chi connectivity index (χ0v) is 11.9. The highest BCUT2D eigenvalue weighted by atomic mass is 16.5. The minimum absolute atomic E-state index is 0.0497. The second-order valence-electron chi connectivity index (χ2n) is 4.86. The normalized spacial score (nSPS) is 23.5. The Bertz CT molecular complexity index is 458. The largest absolute Gasteiger partial charge is 0.375 e. The number of aromatic nitrogens is 1. The van der Waals surface area contributed by atoms with Gasteiger partial charge in [-0.25, -0.2) is 4.79 Å². The number of carbonyl (C=O) groups excluding carboxylic acids is 1. The molecule has 6 nitrogen and oxygen atoms in total. The highest BCUT2D eigenvalue weighted by Gasteiger charge is 2.30. The van der Waals surface area contributed by atoms with E-state index in [0.717, 1.165) is 0 Å².